The fraction of sp³-hybridized carbons (Fsp3) is 0.333. The Morgan fingerprint density at radius 1 is 0.905 bits per heavy atom. The number of hydrogen-bond donors (Lipinski definition) is 0. The normalized spacial score (nSPS) is 10.4. The second-order valence-corrected chi connectivity index (χ2v) is 4.92. The Morgan fingerprint density at radius 3 is 2.29 bits per heavy atom. The lowest BCUT2D eigenvalue weighted by atomic mass is 10.1. The SMILES string of the molecule is COc1cc(COCCc2ccccc2)c(OC)cc1C. The van der Waals surface area contributed by atoms with Crippen LogP contribution in [0.15, 0.2) is 42.5 Å². The zero-order chi connectivity index (χ0) is 15.1. The van der Waals surface area contributed by atoms with Gasteiger partial charge < -0.3 is 14.2 Å². The zero-order valence-electron chi connectivity index (χ0n) is 12.9. The lowest BCUT2D eigenvalue weighted by Crippen LogP contribution is -2.02. The number of benzene rings is 2. The zero-order valence-corrected chi connectivity index (χ0v) is 12.9. The van der Waals surface area contributed by atoms with Crippen molar-refractivity contribution in [2.45, 2.75) is 20.0 Å². The van der Waals surface area contributed by atoms with Gasteiger partial charge in [0.15, 0.2) is 0 Å². The molecule has 0 atom stereocenters. The lowest BCUT2D eigenvalue weighted by Gasteiger charge is -2.13. The second-order valence-electron chi connectivity index (χ2n) is 4.92. The molecule has 2 rings (SSSR count). The molecule has 0 radical (unpaired) electrons. The molecule has 0 aliphatic carbocycles. The van der Waals surface area contributed by atoms with Crippen LogP contribution < -0.4 is 9.47 Å². The van der Waals surface area contributed by atoms with Crippen LogP contribution in [0.4, 0.5) is 0 Å². The van der Waals surface area contributed by atoms with Crippen LogP contribution in [0, 0.1) is 6.92 Å². The minimum atomic E-state index is 0.520. The van der Waals surface area contributed by atoms with Crippen molar-refractivity contribution in [2.75, 3.05) is 20.8 Å². The highest BCUT2D eigenvalue weighted by Gasteiger charge is 2.08. The van der Waals surface area contributed by atoms with Gasteiger partial charge in [-0.1, -0.05) is 30.3 Å². The van der Waals surface area contributed by atoms with Crippen molar-refractivity contribution >= 4 is 0 Å². The van der Waals surface area contributed by atoms with E-state index in [1.54, 1.807) is 14.2 Å². The van der Waals surface area contributed by atoms with Gasteiger partial charge in [-0.05, 0) is 36.6 Å². The van der Waals surface area contributed by atoms with Gasteiger partial charge in [0.25, 0.3) is 0 Å². The summed E-state index contributed by atoms with van der Waals surface area (Å²) in [5.41, 5.74) is 3.35. The molecule has 3 nitrogen and oxygen atoms in total. The van der Waals surface area contributed by atoms with E-state index in [1.165, 1.54) is 5.56 Å². The highest BCUT2D eigenvalue weighted by molar-refractivity contribution is 5.45. The predicted octanol–water partition coefficient (Wildman–Crippen LogP) is 3.77. The van der Waals surface area contributed by atoms with Gasteiger partial charge in [-0.2, -0.15) is 0 Å². The van der Waals surface area contributed by atoms with Crippen molar-refractivity contribution in [2.24, 2.45) is 0 Å². The van der Waals surface area contributed by atoms with Crippen molar-refractivity contribution in [3.8, 4) is 11.5 Å². The largest absolute Gasteiger partial charge is 0.496 e. The summed E-state index contributed by atoms with van der Waals surface area (Å²) in [6.45, 7) is 3.21. The molecule has 0 unspecified atom stereocenters. The van der Waals surface area contributed by atoms with Crippen molar-refractivity contribution in [1.29, 1.82) is 0 Å². The Kier molecular flexibility index (Phi) is 5.64. The average Bonchev–Trinajstić information content (AvgIpc) is 2.53. The molecule has 0 amide bonds. The van der Waals surface area contributed by atoms with E-state index >= 15 is 0 Å². The van der Waals surface area contributed by atoms with Gasteiger partial charge in [0, 0.05) is 5.56 Å². The van der Waals surface area contributed by atoms with E-state index in [9.17, 15) is 0 Å². The molecule has 2 aromatic carbocycles. The standard InChI is InChI=1S/C18H22O3/c1-14-11-18(20-3)16(12-17(14)19-2)13-21-10-9-15-7-5-4-6-8-15/h4-8,11-12H,9-10,13H2,1-3H3. The molecule has 0 heterocycles. The summed E-state index contributed by atoms with van der Waals surface area (Å²) in [6, 6.07) is 14.3. The number of rotatable bonds is 7. The number of methoxy groups -OCH3 is 2. The summed E-state index contributed by atoms with van der Waals surface area (Å²) in [5, 5.41) is 0. The minimum absolute atomic E-state index is 0.520. The lowest BCUT2D eigenvalue weighted by molar-refractivity contribution is 0.121. The smallest absolute Gasteiger partial charge is 0.124 e. The van der Waals surface area contributed by atoms with Gasteiger partial charge in [-0.15, -0.1) is 0 Å². The Labute approximate surface area is 126 Å². The maximum Gasteiger partial charge on any atom is 0.124 e. The van der Waals surface area contributed by atoms with Gasteiger partial charge in [0.05, 0.1) is 27.4 Å². The van der Waals surface area contributed by atoms with E-state index in [1.807, 2.05) is 37.3 Å². The van der Waals surface area contributed by atoms with Crippen LogP contribution in [0.25, 0.3) is 0 Å². The number of aryl methyl sites for hydroxylation is 1. The molecule has 2 aromatic rings. The molecule has 0 saturated heterocycles. The molecule has 0 saturated carbocycles. The second kappa shape index (κ2) is 7.70. The Hall–Kier alpha value is -2.00. The molecule has 3 heteroatoms. The Morgan fingerprint density at radius 2 is 1.62 bits per heavy atom. The molecule has 0 aliphatic rings. The first-order chi connectivity index (χ1) is 10.2. The quantitative estimate of drug-likeness (QED) is 0.725. The van der Waals surface area contributed by atoms with Crippen LogP contribution in [-0.2, 0) is 17.8 Å². The van der Waals surface area contributed by atoms with E-state index < -0.39 is 0 Å². The summed E-state index contributed by atoms with van der Waals surface area (Å²) in [7, 11) is 3.35. The molecule has 0 fully saturated rings. The molecule has 21 heavy (non-hydrogen) atoms. The highest BCUT2D eigenvalue weighted by Crippen LogP contribution is 2.28. The van der Waals surface area contributed by atoms with Crippen LogP contribution in [0.2, 0.25) is 0 Å². The number of ether oxygens (including phenoxy) is 3. The van der Waals surface area contributed by atoms with Crippen LogP contribution in [0.1, 0.15) is 16.7 Å². The van der Waals surface area contributed by atoms with E-state index in [0.29, 0.717) is 13.2 Å². The fourth-order valence-electron chi connectivity index (χ4n) is 2.24. The van der Waals surface area contributed by atoms with Gasteiger partial charge in [-0.3, -0.25) is 0 Å². The van der Waals surface area contributed by atoms with Crippen LogP contribution >= 0.6 is 0 Å². The third-order valence-electron chi connectivity index (χ3n) is 3.43. The number of hydrogen-bond acceptors (Lipinski definition) is 3. The van der Waals surface area contributed by atoms with Gasteiger partial charge >= 0.3 is 0 Å². The Balaban J connectivity index is 1.93. The molecule has 0 aliphatic heterocycles. The molecule has 0 aromatic heterocycles. The van der Waals surface area contributed by atoms with Crippen LogP contribution in [-0.4, -0.2) is 20.8 Å². The maximum absolute atomic E-state index is 5.77. The van der Waals surface area contributed by atoms with E-state index in [2.05, 4.69) is 12.1 Å². The third kappa shape index (κ3) is 4.23. The first kappa shape index (κ1) is 15.4. The van der Waals surface area contributed by atoms with Crippen LogP contribution in [0.3, 0.4) is 0 Å². The average molecular weight is 286 g/mol. The highest BCUT2D eigenvalue weighted by atomic mass is 16.5. The fourth-order valence-corrected chi connectivity index (χ4v) is 2.24. The molecule has 0 spiro atoms. The monoisotopic (exact) mass is 286 g/mol. The molecule has 0 N–H and O–H groups in total. The third-order valence-corrected chi connectivity index (χ3v) is 3.43. The summed E-state index contributed by atoms with van der Waals surface area (Å²) in [6.07, 6.45) is 0.909. The van der Waals surface area contributed by atoms with Crippen molar-refractivity contribution < 1.29 is 14.2 Å². The van der Waals surface area contributed by atoms with Crippen molar-refractivity contribution in [3.05, 3.63) is 59.2 Å². The maximum atomic E-state index is 5.77. The summed E-state index contributed by atoms with van der Waals surface area (Å²) in [5.74, 6) is 1.70. The van der Waals surface area contributed by atoms with E-state index in [0.717, 1.165) is 29.0 Å². The first-order valence-electron chi connectivity index (χ1n) is 7.07. The van der Waals surface area contributed by atoms with Gasteiger partial charge in [-0.25, -0.2) is 0 Å². The topological polar surface area (TPSA) is 27.7 Å². The molecule has 0 bridgehead atoms. The minimum Gasteiger partial charge on any atom is -0.496 e. The molecular weight excluding hydrogens is 264 g/mol. The Bertz CT molecular complexity index is 564. The predicted molar refractivity (Wildman–Crippen MR) is 84.1 cm³/mol. The van der Waals surface area contributed by atoms with Crippen molar-refractivity contribution in [1.82, 2.24) is 0 Å². The molecule has 112 valence electrons. The summed E-state index contributed by atoms with van der Waals surface area (Å²) < 4.78 is 16.5. The van der Waals surface area contributed by atoms with Gasteiger partial charge in [0.1, 0.15) is 11.5 Å². The van der Waals surface area contributed by atoms with E-state index in [4.69, 9.17) is 14.2 Å². The molecular formula is C18H22O3. The van der Waals surface area contributed by atoms with Crippen LogP contribution in [0.5, 0.6) is 11.5 Å². The first-order valence-corrected chi connectivity index (χ1v) is 7.07. The van der Waals surface area contributed by atoms with Gasteiger partial charge in [0.2, 0.25) is 0 Å². The summed E-state index contributed by atoms with van der Waals surface area (Å²) in [4.78, 5) is 0. The van der Waals surface area contributed by atoms with Crippen molar-refractivity contribution in [3.63, 3.8) is 0 Å². The van der Waals surface area contributed by atoms with E-state index in [-0.39, 0.29) is 0 Å². The summed E-state index contributed by atoms with van der Waals surface area (Å²) >= 11 is 0.